The van der Waals surface area contributed by atoms with Crippen molar-refractivity contribution < 1.29 is 19.8 Å². The van der Waals surface area contributed by atoms with Gasteiger partial charge in [-0.25, -0.2) is 4.68 Å². The number of carbonyl (C=O) groups excluding carboxylic acids is 1. The minimum absolute atomic E-state index is 0.0889. The number of aromatic hydroxyl groups is 1. The molecule has 0 unspecified atom stereocenters. The number of benzene rings is 2. The molecule has 4 aromatic rings. The summed E-state index contributed by atoms with van der Waals surface area (Å²) < 4.78 is 2.49. The molecule has 0 saturated heterocycles. The SMILES string of the molecule is O=C(O)CNC(=O)c1c(O)c2cc(-c3ccccc3)nn2n(Cc2ccccc2)c1=O. The Balaban J connectivity index is 1.93. The average molecular weight is 418 g/mol. The van der Waals surface area contributed by atoms with Crippen LogP contribution in [0.15, 0.2) is 71.5 Å². The quantitative estimate of drug-likeness (QED) is 0.438. The van der Waals surface area contributed by atoms with Gasteiger partial charge in [-0.15, -0.1) is 0 Å². The second-order valence-electron chi connectivity index (χ2n) is 6.82. The Morgan fingerprint density at radius 3 is 2.29 bits per heavy atom. The standard InChI is InChI=1S/C22H18N4O5/c27-18(28)12-23-21(30)19-20(29)17-11-16(15-9-5-2-6-10-15)24-26(17)25(22(19)31)13-14-7-3-1-4-8-14/h1-11,29H,12-13H2,(H,23,30)(H,27,28). The Labute approximate surface area is 175 Å². The minimum atomic E-state index is -1.27. The summed E-state index contributed by atoms with van der Waals surface area (Å²) >= 11 is 0. The molecule has 0 aliphatic rings. The van der Waals surface area contributed by atoms with E-state index in [2.05, 4.69) is 10.4 Å². The number of carboxylic acids is 1. The van der Waals surface area contributed by atoms with E-state index in [1.54, 1.807) is 6.07 Å². The van der Waals surface area contributed by atoms with Gasteiger partial charge in [0.1, 0.15) is 12.1 Å². The molecule has 1 amide bonds. The first kappa shape index (κ1) is 19.9. The van der Waals surface area contributed by atoms with Gasteiger partial charge in [-0.3, -0.25) is 14.4 Å². The van der Waals surface area contributed by atoms with E-state index < -0.39 is 35.3 Å². The Morgan fingerprint density at radius 1 is 1.00 bits per heavy atom. The Hall–Kier alpha value is -4.40. The van der Waals surface area contributed by atoms with Crippen molar-refractivity contribution >= 4 is 17.4 Å². The summed E-state index contributed by atoms with van der Waals surface area (Å²) in [7, 11) is 0. The van der Waals surface area contributed by atoms with Gasteiger partial charge in [0.2, 0.25) is 0 Å². The molecule has 9 nitrogen and oxygen atoms in total. The van der Waals surface area contributed by atoms with Crippen molar-refractivity contribution in [3.63, 3.8) is 0 Å². The van der Waals surface area contributed by atoms with Crippen LogP contribution in [0.1, 0.15) is 15.9 Å². The lowest BCUT2D eigenvalue weighted by atomic mass is 10.1. The maximum Gasteiger partial charge on any atom is 0.322 e. The third-order valence-corrected chi connectivity index (χ3v) is 4.72. The highest BCUT2D eigenvalue weighted by atomic mass is 16.4. The van der Waals surface area contributed by atoms with Crippen LogP contribution >= 0.6 is 0 Å². The molecule has 31 heavy (non-hydrogen) atoms. The summed E-state index contributed by atoms with van der Waals surface area (Å²) in [6.07, 6.45) is 0. The van der Waals surface area contributed by atoms with E-state index in [9.17, 15) is 19.5 Å². The van der Waals surface area contributed by atoms with Gasteiger partial charge in [0.15, 0.2) is 11.3 Å². The number of carbonyl (C=O) groups is 2. The van der Waals surface area contributed by atoms with Gasteiger partial charge in [-0.2, -0.15) is 9.73 Å². The summed E-state index contributed by atoms with van der Waals surface area (Å²) in [5.74, 6) is -2.81. The first-order chi connectivity index (χ1) is 15.0. The molecule has 0 aliphatic heterocycles. The summed E-state index contributed by atoms with van der Waals surface area (Å²) in [5, 5.41) is 26.2. The number of nitrogens with zero attached hydrogens (tertiary/aromatic N) is 3. The number of aliphatic carboxylic acids is 1. The number of fused-ring (bicyclic) bond motifs is 1. The van der Waals surface area contributed by atoms with Crippen molar-refractivity contribution in [2.24, 2.45) is 0 Å². The molecule has 9 heteroatoms. The van der Waals surface area contributed by atoms with Crippen LogP contribution in [0.25, 0.3) is 16.8 Å². The predicted molar refractivity (Wildman–Crippen MR) is 112 cm³/mol. The smallest absolute Gasteiger partial charge is 0.322 e. The van der Waals surface area contributed by atoms with Crippen LogP contribution in [0, 0.1) is 0 Å². The van der Waals surface area contributed by atoms with Crippen LogP contribution in [0.5, 0.6) is 5.75 Å². The highest BCUT2D eigenvalue weighted by molar-refractivity contribution is 6.00. The van der Waals surface area contributed by atoms with E-state index in [-0.39, 0.29) is 12.1 Å². The third-order valence-electron chi connectivity index (χ3n) is 4.72. The van der Waals surface area contributed by atoms with Gasteiger partial charge in [0, 0.05) is 5.56 Å². The molecule has 4 rings (SSSR count). The van der Waals surface area contributed by atoms with Crippen molar-refractivity contribution in [1.29, 1.82) is 0 Å². The molecule has 0 spiro atoms. The first-order valence-electron chi connectivity index (χ1n) is 9.41. The van der Waals surface area contributed by atoms with Gasteiger partial charge in [-0.1, -0.05) is 60.7 Å². The molecule has 0 radical (unpaired) electrons. The number of carboxylic acid groups (broad SMARTS) is 1. The fourth-order valence-corrected chi connectivity index (χ4v) is 3.26. The number of amides is 1. The van der Waals surface area contributed by atoms with E-state index in [0.717, 1.165) is 11.1 Å². The highest BCUT2D eigenvalue weighted by Crippen LogP contribution is 2.26. The number of nitrogens with one attached hydrogen (secondary N) is 1. The van der Waals surface area contributed by atoms with E-state index in [4.69, 9.17) is 5.11 Å². The lowest BCUT2D eigenvalue weighted by Crippen LogP contribution is -2.38. The average Bonchev–Trinajstić information content (AvgIpc) is 3.22. The maximum absolute atomic E-state index is 13.2. The van der Waals surface area contributed by atoms with Gasteiger partial charge in [-0.05, 0) is 11.6 Å². The van der Waals surface area contributed by atoms with Crippen molar-refractivity contribution in [3.05, 3.63) is 88.2 Å². The van der Waals surface area contributed by atoms with Gasteiger partial charge in [0.25, 0.3) is 11.5 Å². The van der Waals surface area contributed by atoms with Crippen molar-refractivity contribution in [2.75, 3.05) is 6.54 Å². The van der Waals surface area contributed by atoms with E-state index in [0.29, 0.717) is 5.69 Å². The lowest BCUT2D eigenvalue weighted by molar-refractivity contribution is -0.135. The number of hydrogen-bond donors (Lipinski definition) is 3. The molecular weight excluding hydrogens is 400 g/mol. The number of rotatable bonds is 6. The second kappa shape index (κ2) is 8.15. The van der Waals surface area contributed by atoms with Gasteiger partial charge >= 0.3 is 5.97 Å². The molecule has 0 bridgehead atoms. The van der Waals surface area contributed by atoms with Crippen LogP contribution in [0.2, 0.25) is 0 Å². The molecule has 0 fully saturated rings. The maximum atomic E-state index is 13.2. The fourth-order valence-electron chi connectivity index (χ4n) is 3.26. The van der Waals surface area contributed by atoms with Gasteiger partial charge < -0.3 is 15.5 Å². The van der Waals surface area contributed by atoms with Crippen LogP contribution in [0.4, 0.5) is 0 Å². The van der Waals surface area contributed by atoms with E-state index in [1.807, 2.05) is 60.7 Å². The molecule has 2 aromatic carbocycles. The summed E-state index contributed by atoms with van der Waals surface area (Å²) in [6, 6.07) is 19.9. The largest absolute Gasteiger partial charge is 0.505 e. The molecule has 156 valence electrons. The zero-order valence-electron chi connectivity index (χ0n) is 16.2. The molecule has 2 heterocycles. The normalized spacial score (nSPS) is 10.8. The van der Waals surface area contributed by atoms with Crippen molar-refractivity contribution in [1.82, 2.24) is 19.7 Å². The summed E-state index contributed by atoms with van der Waals surface area (Å²) in [6.45, 7) is -0.596. The second-order valence-corrected chi connectivity index (χ2v) is 6.82. The molecule has 0 saturated carbocycles. The summed E-state index contributed by atoms with van der Waals surface area (Å²) in [5.41, 5.74) is 0.866. The zero-order chi connectivity index (χ0) is 22.0. The molecule has 2 aromatic heterocycles. The van der Waals surface area contributed by atoms with E-state index in [1.165, 1.54) is 9.31 Å². The Kier molecular flexibility index (Phi) is 5.23. The van der Waals surface area contributed by atoms with Gasteiger partial charge in [0.05, 0.1) is 12.2 Å². The van der Waals surface area contributed by atoms with E-state index >= 15 is 0 Å². The van der Waals surface area contributed by atoms with Crippen molar-refractivity contribution in [2.45, 2.75) is 6.54 Å². The minimum Gasteiger partial charge on any atom is -0.505 e. The van der Waals surface area contributed by atoms with Crippen LogP contribution in [-0.2, 0) is 11.3 Å². The van der Waals surface area contributed by atoms with Crippen LogP contribution in [0.3, 0.4) is 0 Å². The number of hydrogen-bond acceptors (Lipinski definition) is 5. The summed E-state index contributed by atoms with van der Waals surface area (Å²) in [4.78, 5) is 36.5. The molecule has 0 atom stereocenters. The topological polar surface area (TPSA) is 126 Å². The Morgan fingerprint density at radius 2 is 1.65 bits per heavy atom. The fraction of sp³-hybridized carbons (Fsp3) is 0.0909. The lowest BCUT2D eigenvalue weighted by Gasteiger charge is -2.13. The monoisotopic (exact) mass is 418 g/mol. The zero-order valence-corrected chi connectivity index (χ0v) is 16.2. The predicted octanol–water partition coefficient (Wildman–Crippen LogP) is 1.73. The van der Waals surface area contributed by atoms with Crippen LogP contribution in [-0.4, -0.2) is 43.0 Å². The Bertz CT molecular complexity index is 1330. The third kappa shape index (κ3) is 3.88. The number of aromatic nitrogens is 3. The molecule has 3 N–H and O–H groups in total. The van der Waals surface area contributed by atoms with Crippen LogP contribution < -0.4 is 10.9 Å². The molecular formula is C22H18N4O5. The molecule has 0 aliphatic carbocycles. The first-order valence-corrected chi connectivity index (χ1v) is 9.41. The van der Waals surface area contributed by atoms with Crippen molar-refractivity contribution in [3.8, 4) is 17.0 Å². The highest BCUT2D eigenvalue weighted by Gasteiger charge is 2.24.